The highest BCUT2D eigenvalue weighted by Crippen LogP contribution is 2.07. The molecule has 0 aliphatic carbocycles. The van der Waals surface area contributed by atoms with Gasteiger partial charge in [-0.15, -0.1) is 0 Å². The van der Waals surface area contributed by atoms with Crippen molar-refractivity contribution in [2.24, 2.45) is 5.73 Å². The van der Waals surface area contributed by atoms with Crippen LogP contribution in [0.25, 0.3) is 0 Å². The summed E-state index contributed by atoms with van der Waals surface area (Å²) in [5.41, 5.74) is 5.28. The molecule has 0 saturated carbocycles. The number of nitrogens with one attached hydrogen (secondary N) is 2. The Bertz CT molecular complexity index is 751. The minimum Gasteiger partial charge on any atom is -0.461 e. The Morgan fingerprint density at radius 3 is 2.34 bits per heavy atom. The van der Waals surface area contributed by atoms with Crippen molar-refractivity contribution in [2.75, 3.05) is 0 Å². The molecule has 0 unspecified atom stereocenters. The third-order valence-corrected chi connectivity index (χ3v) is 3.61. The fraction of sp³-hybridized carbons (Fsp3) is 0.500. The van der Waals surface area contributed by atoms with Crippen LogP contribution in [0.5, 0.6) is 0 Å². The molecule has 160 valence electrons. The zero-order chi connectivity index (χ0) is 22.9. The molecule has 0 aliphatic rings. The van der Waals surface area contributed by atoms with Crippen LogP contribution in [0.15, 0.2) is 30.3 Å². The number of benzene rings is 1. The van der Waals surface area contributed by atoms with Crippen molar-refractivity contribution in [3.05, 3.63) is 35.9 Å². The number of nitrogens with two attached hydrogens (primary N) is 1. The second-order valence-electron chi connectivity index (χ2n) is 7.43. The number of primary amides is 1. The summed E-state index contributed by atoms with van der Waals surface area (Å²) in [6, 6.07) is 6.68. The Kier molecular flexibility index (Phi) is 8.45. The maximum Gasteiger partial charge on any atom is 0.408 e. The van der Waals surface area contributed by atoms with Gasteiger partial charge in [-0.25, -0.2) is 4.79 Å². The number of ether oxygens (including phenoxy) is 2. The Balaban J connectivity index is 2.55. The Labute approximate surface area is 171 Å². The topological polar surface area (TPSA) is 137 Å². The summed E-state index contributed by atoms with van der Waals surface area (Å²) in [5.74, 6) is -2.18. The van der Waals surface area contributed by atoms with Gasteiger partial charge in [0.15, 0.2) is 1.41 Å². The van der Waals surface area contributed by atoms with Crippen LogP contribution in [0.4, 0.5) is 4.79 Å². The minimum atomic E-state index is -1.24. The summed E-state index contributed by atoms with van der Waals surface area (Å²) in [6.07, 6.45) is -1.23. The van der Waals surface area contributed by atoms with E-state index in [0.29, 0.717) is 5.31 Å². The highest BCUT2D eigenvalue weighted by Gasteiger charge is 2.25. The van der Waals surface area contributed by atoms with E-state index in [0.717, 1.165) is 5.56 Å². The largest absolute Gasteiger partial charge is 0.461 e. The Hall–Kier alpha value is -3.10. The molecule has 2 atom stereocenters. The molecule has 0 spiro atoms. The molecule has 0 fully saturated rings. The molecule has 4 N–H and O–H groups in total. The molecule has 0 aliphatic heterocycles. The predicted octanol–water partition coefficient (Wildman–Crippen LogP) is 1.39. The molecule has 1 rings (SSSR count). The lowest BCUT2D eigenvalue weighted by Gasteiger charge is -2.22. The van der Waals surface area contributed by atoms with E-state index in [9.17, 15) is 19.2 Å². The number of amides is 3. The van der Waals surface area contributed by atoms with Crippen LogP contribution in [0.1, 0.15) is 46.1 Å². The maximum atomic E-state index is 12.3. The molecule has 1 aromatic rings. The van der Waals surface area contributed by atoms with E-state index >= 15 is 0 Å². The molecule has 0 saturated heterocycles. The van der Waals surface area contributed by atoms with Gasteiger partial charge in [-0.3, -0.25) is 14.4 Å². The SMILES string of the molecule is [2H]N(C(=O)OC(C)(C)C)[C@@H](C)C(=O)N[C@@H](CCC(=O)OCc1ccccc1)C(N)=O. The van der Waals surface area contributed by atoms with Gasteiger partial charge in [0.25, 0.3) is 0 Å². The van der Waals surface area contributed by atoms with Crippen LogP contribution in [0.3, 0.4) is 0 Å². The highest BCUT2D eigenvalue weighted by molar-refractivity contribution is 5.90. The first-order valence-electron chi connectivity index (χ1n) is 9.65. The van der Waals surface area contributed by atoms with Crippen LogP contribution < -0.4 is 16.4 Å². The van der Waals surface area contributed by atoms with Gasteiger partial charge in [0.2, 0.25) is 11.8 Å². The van der Waals surface area contributed by atoms with Crippen molar-refractivity contribution in [2.45, 2.75) is 64.8 Å². The molecule has 9 nitrogen and oxygen atoms in total. The fourth-order valence-electron chi connectivity index (χ4n) is 2.16. The lowest BCUT2D eigenvalue weighted by molar-refractivity contribution is -0.145. The van der Waals surface area contributed by atoms with E-state index < -0.39 is 41.6 Å². The van der Waals surface area contributed by atoms with Crippen molar-refractivity contribution in [3.8, 4) is 0 Å². The first kappa shape index (κ1) is 22.2. The van der Waals surface area contributed by atoms with Gasteiger partial charge in [0.1, 0.15) is 24.3 Å². The van der Waals surface area contributed by atoms with Crippen molar-refractivity contribution in [1.29, 1.82) is 0 Å². The normalized spacial score (nSPS) is 13.4. The number of alkyl carbamates (subject to hydrolysis) is 1. The van der Waals surface area contributed by atoms with E-state index in [1.165, 1.54) is 6.92 Å². The van der Waals surface area contributed by atoms with E-state index in [4.69, 9.17) is 16.6 Å². The van der Waals surface area contributed by atoms with Crippen LogP contribution in [-0.2, 0) is 30.5 Å². The van der Waals surface area contributed by atoms with Crippen molar-refractivity contribution >= 4 is 23.9 Å². The van der Waals surface area contributed by atoms with Gasteiger partial charge in [-0.05, 0) is 39.7 Å². The van der Waals surface area contributed by atoms with Gasteiger partial charge in [-0.2, -0.15) is 0 Å². The first-order chi connectivity index (χ1) is 13.9. The highest BCUT2D eigenvalue weighted by atomic mass is 16.6. The van der Waals surface area contributed by atoms with Crippen LogP contribution >= 0.6 is 0 Å². The number of carbonyl (C=O) groups excluding carboxylic acids is 4. The summed E-state index contributed by atoms with van der Waals surface area (Å²) in [5, 5.41) is 2.72. The monoisotopic (exact) mass is 408 g/mol. The third kappa shape index (κ3) is 10.1. The average molecular weight is 408 g/mol. The standard InChI is InChI=1S/C20H29N3O6/c1-13(22-19(27)29-20(2,3)4)18(26)23-15(17(21)25)10-11-16(24)28-12-14-8-6-5-7-9-14/h5-9,13,15H,10-12H2,1-4H3,(H2,21,25)(H,22,27)(H,23,26)/t13-,15-/m0/s1/i/hD. The molecular formula is C20H29N3O6. The van der Waals surface area contributed by atoms with E-state index in [-0.39, 0.29) is 19.4 Å². The Morgan fingerprint density at radius 1 is 1.17 bits per heavy atom. The Morgan fingerprint density at radius 2 is 1.79 bits per heavy atom. The summed E-state index contributed by atoms with van der Waals surface area (Å²) in [7, 11) is 0. The third-order valence-electron chi connectivity index (χ3n) is 3.61. The number of esters is 1. The first-order valence-corrected chi connectivity index (χ1v) is 9.21. The second-order valence-corrected chi connectivity index (χ2v) is 7.43. The minimum absolute atomic E-state index is 0.0775. The van der Waals surface area contributed by atoms with Crippen molar-refractivity contribution in [1.82, 2.24) is 10.6 Å². The van der Waals surface area contributed by atoms with E-state index in [1.807, 2.05) is 18.2 Å². The summed E-state index contributed by atoms with van der Waals surface area (Å²) in [6.45, 7) is 6.28. The van der Waals surface area contributed by atoms with Crippen LogP contribution in [0.2, 0.25) is 1.41 Å². The van der Waals surface area contributed by atoms with Gasteiger partial charge < -0.3 is 25.8 Å². The maximum absolute atomic E-state index is 12.3. The fourth-order valence-corrected chi connectivity index (χ4v) is 2.16. The second kappa shape index (κ2) is 11.0. The molecule has 0 radical (unpaired) electrons. The molecule has 3 amide bonds. The van der Waals surface area contributed by atoms with Crippen molar-refractivity contribution < 1.29 is 30.1 Å². The molecule has 0 aromatic heterocycles. The molecule has 0 bridgehead atoms. The van der Waals surface area contributed by atoms with Gasteiger partial charge in [0.05, 0.1) is 0 Å². The summed E-state index contributed by atoms with van der Waals surface area (Å²) >= 11 is 0. The van der Waals surface area contributed by atoms with Gasteiger partial charge in [-0.1, -0.05) is 30.3 Å². The number of carbonyl (C=O) groups is 4. The lowest BCUT2D eigenvalue weighted by Crippen LogP contribution is -2.52. The van der Waals surface area contributed by atoms with Crippen LogP contribution in [0, 0.1) is 0 Å². The summed E-state index contributed by atoms with van der Waals surface area (Å²) < 4.78 is 17.9. The van der Waals surface area contributed by atoms with Crippen molar-refractivity contribution in [3.63, 3.8) is 0 Å². The van der Waals surface area contributed by atoms with Gasteiger partial charge >= 0.3 is 12.1 Å². The lowest BCUT2D eigenvalue weighted by atomic mass is 10.1. The van der Waals surface area contributed by atoms with E-state index in [1.54, 1.807) is 32.9 Å². The molecule has 0 heterocycles. The quantitative estimate of drug-likeness (QED) is 0.528. The zero-order valence-electron chi connectivity index (χ0n) is 18.1. The molecule has 9 heteroatoms. The predicted molar refractivity (Wildman–Crippen MR) is 105 cm³/mol. The van der Waals surface area contributed by atoms with Crippen LogP contribution in [-0.4, -0.2) is 41.6 Å². The van der Waals surface area contributed by atoms with Gasteiger partial charge in [0, 0.05) is 6.42 Å². The smallest absolute Gasteiger partial charge is 0.408 e. The number of hydrogen-bond acceptors (Lipinski definition) is 6. The molecule has 29 heavy (non-hydrogen) atoms. The number of rotatable bonds is 9. The summed E-state index contributed by atoms with van der Waals surface area (Å²) in [4.78, 5) is 47.8. The molecule has 1 aromatic carbocycles. The average Bonchev–Trinajstić information content (AvgIpc) is 2.67. The molecular weight excluding hydrogens is 378 g/mol. The van der Waals surface area contributed by atoms with E-state index in [2.05, 4.69) is 5.32 Å². The zero-order valence-corrected chi connectivity index (χ0v) is 17.1. The number of hydrogen-bond donors (Lipinski definition) is 3.